The summed E-state index contributed by atoms with van der Waals surface area (Å²) < 4.78 is 0. The number of benzene rings is 2. The molecule has 2 aromatic rings. The number of nitrogens with one attached hydrogen (secondary N) is 3. The van der Waals surface area contributed by atoms with Crippen molar-refractivity contribution in [2.45, 2.75) is 13.3 Å². The van der Waals surface area contributed by atoms with Gasteiger partial charge in [0.15, 0.2) is 0 Å². The van der Waals surface area contributed by atoms with Gasteiger partial charge in [-0.2, -0.15) is 0 Å². The smallest absolute Gasteiger partial charge is 0.234 e. The molecule has 0 bridgehead atoms. The molecule has 0 unspecified atom stereocenters. The molecule has 0 aliphatic carbocycles. The lowest BCUT2D eigenvalue weighted by Gasteiger charge is -2.08. The van der Waals surface area contributed by atoms with Gasteiger partial charge in [0, 0.05) is 18.8 Å². The summed E-state index contributed by atoms with van der Waals surface area (Å²) in [5, 5.41) is 8.30. The van der Waals surface area contributed by atoms with Crippen molar-refractivity contribution in [3.63, 3.8) is 0 Å². The third-order valence-corrected chi connectivity index (χ3v) is 4.68. The van der Waals surface area contributed by atoms with Gasteiger partial charge in [-0.3, -0.25) is 14.4 Å². The van der Waals surface area contributed by atoms with Crippen molar-refractivity contribution in [1.29, 1.82) is 0 Å². The molecule has 3 amide bonds. The van der Waals surface area contributed by atoms with Gasteiger partial charge in [0.05, 0.1) is 17.9 Å². The summed E-state index contributed by atoms with van der Waals surface area (Å²) in [6, 6.07) is 17.0. The van der Waals surface area contributed by atoms with Crippen molar-refractivity contribution in [2.24, 2.45) is 0 Å². The number of hydrogen-bond donors (Lipinski definition) is 3. The van der Waals surface area contributed by atoms with Crippen LogP contribution in [0, 0.1) is 6.92 Å². The average Bonchev–Trinajstić information content (AvgIpc) is 2.66. The Labute approximate surface area is 169 Å². The second kappa shape index (κ2) is 11.8. The van der Waals surface area contributed by atoms with Gasteiger partial charge in [-0.25, -0.2) is 0 Å². The average molecular weight is 400 g/mol. The van der Waals surface area contributed by atoms with Crippen LogP contribution >= 0.6 is 11.8 Å². The summed E-state index contributed by atoms with van der Waals surface area (Å²) >= 11 is 1.25. The van der Waals surface area contributed by atoms with Gasteiger partial charge in [-0.15, -0.1) is 11.8 Å². The van der Waals surface area contributed by atoms with E-state index in [1.165, 1.54) is 11.8 Å². The van der Waals surface area contributed by atoms with Crippen LogP contribution in [0.15, 0.2) is 54.6 Å². The molecular formula is C21H25N3O3S. The Hall–Kier alpha value is -2.80. The highest BCUT2D eigenvalue weighted by molar-refractivity contribution is 8.00. The molecular weight excluding hydrogens is 374 g/mol. The number of aryl methyl sites for hydroxylation is 1. The van der Waals surface area contributed by atoms with Gasteiger partial charge in [0.1, 0.15) is 0 Å². The largest absolute Gasteiger partial charge is 0.354 e. The number of rotatable bonds is 10. The molecule has 0 atom stereocenters. The molecule has 0 spiro atoms. The molecule has 0 radical (unpaired) electrons. The minimum Gasteiger partial charge on any atom is -0.354 e. The Morgan fingerprint density at radius 2 is 1.50 bits per heavy atom. The van der Waals surface area contributed by atoms with Crippen LogP contribution in [0.1, 0.15) is 11.1 Å². The first-order valence-electron chi connectivity index (χ1n) is 9.04. The van der Waals surface area contributed by atoms with E-state index in [4.69, 9.17) is 0 Å². The lowest BCUT2D eigenvalue weighted by molar-refractivity contribution is -0.121. The zero-order valence-electron chi connectivity index (χ0n) is 15.9. The van der Waals surface area contributed by atoms with Gasteiger partial charge in [0.25, 0.3) is 0 Å². The van der Waals surface area contributed by atoms with Crippen LogP contribution in [0.3, 0.4) is 0 Å². The van der Waals surface area contributed by atoms with Crippen LogP contribution in [0.2, 0.25) is 0 Å². The van der Waals surface area contributed by atoms with E-state index in [0.717, 1.165) is 16.8 Å². The second-order valence-corrected chi connectivity index (χ2v) is 7.26. The highest BCUT2D eigenvalue weighted by Gasteiger charge is 2.07. The predicted molar refractivity (Wildman–Crippen MR) is 113 cm³/mol. The number of thioether (sulfide) groups is 1. The maximum absolute atomic E-state index is 11.9. The molecule has 0 fully saturated rings. The molecule has 0 aliphatic heterocycles. The van der Waals surface area contributed by atoms with Crippen molar-refractivity contribution in [1.82, 2.24) is 10.6 Å². The first kappa shape index (κ1) is 21.5. The van der Waals surface area contributed by atoms with E-state index >= 15 is 0 Å². The number of anilines is 1. The van der Waals surface area contributed by atoms with Crippen molar-refractivity contribution in [3.8, 4) is 0 Å². The van der Waals surface area contributed by atoms with Crippen molar-refractivity contribution in [3.05, 3.63) is 65.7 Å². The van der Waals surface area contributed by atoms with E-state index in [2.05, 4.69) is 16.0 Å². The summed E-state index contributed by atoms with van der Waals surface area (Å²) in [7, 11) is 0. The van der Waals surface area contributed by atoms with Gasteiger partial charge in [0.2, 0.25) is 17.7 Å². The molecule has 0 heterocycles. The fourth-order valence-electron chi connectivity index (χ4n) is 2.45. The first-order valence-corrected chi connectivity index (χ1v) is 10.2. The molecule has 0 saturated carbocycles. The minimum atomic E-state index is -0.161. The van der Waals surface area contributed by atoms with Gasteiger partial charge in [-0.1, -0.05) is 42.5 Å². The standard InChI is InChI=1S/C21H25N3O3S/c1-16-6-5-9-18(12-16)24-21(27)15-28-14-20(26)23-11-10-22-19(25)13-17-7-3-2-4-8-17/h2-9,12H,10-11,13-15H2,1H3,(H,22,25)(H,23,26)(H,24,27). The van der Waals surface area contributed by atoms with E-state index in [0.29, 0.717) is 19.5 Å². The normalized spacial score (nSPS) is 10.2. The molecule has 148 valence electrons. The lowest BCUT2D eigenvalue weighted by atomic mass is 10.1. The lowest BCUT2D eigenvalue weighted by Crippen LogP contribution is -2.36. The monoisotopic (exact) mass is 399 g/mol. The van der Waals surface area contributed by atoms with Gasteiger partial charge in [-0.05, 0) is 30.2 Å². The third kappa shape index (κ3) is 8.73. The maximum atomic E-state index is 11.9. The Bertz CT molecular complexity index is 796. The Balaban J connectivity index is 1.52. The van der Waals surface area contributed by atoms with E-state index in [1.54, 1.807) is 0 Å². The van der Waals surface area contributed by atoms with E-state index in [1.807, 2.05) is 61.5 Å². The summed E-state index contributed by atoms with van der Waals surface area (Å²) in [6.07, 6.45) is 0.320. The number of amides is 3. The zero-order chi connectivity index (χ0) is 20.2. The van der Waals surface area contributed by atoms with Crippen LogP contribution < -0.4 is 16.0 Å². The van der Waals surface area contributed by atoms with E-state index < -0.39 is 0 Å². The summed E-state index contributed by atoms with van der Waals surface area (Å²) in [6.45, 7) is 2.68. The molecule has 28 heavy (non-hydrogen) atoms. The van der Waals surface area contributed by atoms with E-state index in [9.17, 15) is 14.4 Å². The Kier molecular flexibility index (Phi) is 9.07. The topological polar surface area (TPSA) is 87.3 Å². The van der Waals surface area contributed by atoms with Crippen LogP contribution in [-0.4, -0.2) is 42.3 Å². The van der Waals surface area contributed by atoms with Crippen molar-refractivity contribution in [2.75, 3.05) is 29.9 Å². The maximum Gasteiger partial charge on any atom is 0.234 e. The van der Waals surface area contributed by atoms with E-state index in [-0.39, 0.29) is 29.2 Å². The van der Waals surface area contributed by atoms with Crippen LogP contribution in [0.25, 0.3) is 0 Å². The number of hydrogen-bond acceptors (Lipinski definition) is 4. The van der Waals surface area contributed by atoms with Gasteiger partial charge < -0.3 is 16.0 Å². The van der Waals surface area contributed by atoms with Gasteiger partial charge >= 0.3 is 0 Å². The molecule has 0 aromatic heterocycles. The van der Waals surface area contributed by atoms with Crippen LogP contribution in [0.5, 0.6) is 0 Å². The molecule has 2 aromatic carbocycles. The molecule has 2 rings (SSSR count). The molecule has 0 aliphatic rings. The first-order chi connectivity index (χ1) is 13.5. The quantitative estimate of drug-likeness (QED) is 0.534. The van der Waals surface area contributed by atoms with Crippen molar-refractivity contribution >= 4 is 35.2 Å². The minimum absolute atomic E-state index is 0.0809. The second-order valence-electron chi connectivity index (χ2n) is 6.27. The predicted octanol–water partition coefficient (Wildman–Crippen LogP) is 2.14. The molecule has 0 saturated heterocycles. The fraction of sp³-hybridized carbons (Fsp3) is 0.286. The fourth-order valence-corrected chi connectivity index (χ4v) is 3.10. The third-order valence-electron chi connectivity index (χ3n) is 3.74. The molecule has 6 nitrogen and oxygen atoms in total. The number of carbonyl (C=O) groups is 3. The van der Waals surface area contributed by atoms with Crippen LogP contribution in [0.4, 0.5) is 5.69 Å². The Morgan fingerprint density at radius 3 is 2.21 bits per heavy atom. The Morgan fingerprint density at radius 1 is 0.821 bits per heavy atom. The molecule has 7 heteroatoms. The highest BCUT2D eigenvalue weighted by Crippen LogP contribution is 2.10. The SMILES string of the molecule is Cc1cccc(NC(=O)CSCC(=O)NCCNC(=O)Cc2ccccc2)c1. The van der Waals surface area contributed by atoms with Crippen molar-refractivity contribution < 1.29 is 14.4 Å². The number of carbonyl (C=O) groups excluding carboxylic acids is 3. The summed E-state index contributed by atoms with van der Waals surface area (Å²) in [5.41, 5.74) is 2.77. The highest BCUT2D eigenvalue weighted by atomic mass is 32.2. The zero-order valence-corrected chi connectivity index (χ0v) is 16.7. The summed E-state index contributed by atoms with van der Waals surface area (Å²) in [5.74, 6) is 0.0128. The van der Waals surface area contributed by atoms with Crippen LogP contribution in [-0.2, 0) is 20.8 Å². The molecule has 3 N–H and O–H groups in total. The summed E-state index contributed by atoms with van der Waals surface area (Å²) in [4.78, 5) is 35.5.